The molecule has 4 heteroatoms. The average molecular weight is 212 g/mol. The van der Waals surface area contributed by atoms with Gasteiger partial charge < -0.3 is 9.64 Å². The Bertz CT molecular complexity index is 249. The molecule has 0 aromatic rings. The fourth-order valence-electron chi connectivity index (χ4n) is 2.36. The minimum absolute atomic E-state index is 0.0200. The lowest BCUT2D eigenvalue weighted by Gasteiger charge is -2.40. The zero-order valence-corrected chi connectivity index (χ0v) is 9.69. The zero-order valence-electron chi connectivity index (χ0n) is 9.69. The van der Waals surface area contributed by atoms with Gasteiger partial charge in [0, 0.05) is 13.2 Å². The molecule has 0 aromatic heterocycles. The SMILES string of the molecule is COC1CC(N2CNC(C(C)C)C2=O)C1. The summed E-state index contributed by atoms with van der Waals surface area (Å²) < 4.78 is 5.23. The first kappa shape index (κ1) is 10.9. The van der Waals surface area contributed by atoms with Crippen LogP contribution in [0.3, 0.4) is 0 Å². The molecule has 1 unspecified atom stereocenters. The molecule has 1 aliphatic carbocycles. The van der Waals surface area contributed by atoms with Crippen LogP contribution in [-0.4, -0.2) is 42.8 Å². The molecule has 86 valence electrons. The summed E-state index contributed by atoms with van der Waals surface area (Å²) in [6.45, 7) is 4.87. The highest BCUT2D eigenvalue weighted by atomic mass is 16.5. The molecular weight excluding hydrogens is 192 g/mol. The van der Waals surface area contributed by atoms with E-state index in [1.54, 1.807) is 7.11 Å². The van der Waals surface area contributed by atoms with Gasteiger partial charge in [-0.25, -0.2) is 0 Å². The van der Waals surface area contributed by atoms with Gasteiger partial charge in [0.15, 0.2) is 0 Å². The third-order valence-electron chi connectivity index (χ3n) is 3.54. The summed E-state index contributed by atoms with van der Waals surface area (Å²) in [5, 5.41) is 3.27. The van der Waals surface area contributed by atoms with Gasteiger partial charge in [-0.15, -0.1) is 0 Å². The van der Waals surface area contributed by atoms with E-state index in [0.29, 0.717) is 24.7 Å². The molecule has 15 heavy (non-hydrogen) atoms. The van der Waals surface area contributed by atoms with Crippen molar-refractivity contribution in [3.8, 4) is 0 Å². The number of amides is 1. The smallest absolute Gasteiger partial charge is 0.241 e. The normalized spacial score (nSPS) is 36.1. The number of methoxy groups -OCH3 is 1. The lowest BCUT2D eigenvalue weighted by molar-refractivity contribution is -0.136. The van der Waals surface area contributed by atoms with E-state index in [1.165, 1.54) is 0 Å². The van der Waals surface area contributed by atoms with E-state index in [2.05, 4.69) is 19.2 Å². The van der Waals surface area contributed by atoms with Crippen LogP contribution in [0.1, 0.15) is 26.7 Å². The topological polar surface area (TPSA) is 41.6 Å². The number of carbonyl (C=O) groups is 1. The number of rotatable bonds is 3. The van der Waals surface area contributed by atoms with Crippen molar-refractivity contribution in [3.63, 3.8) is 0 Å². The molecule has 1 saturated carbocycles. The summed E-state index contributed by atoms with van der Waals surface area (Å²) in [6, 6.07) is 0.422. The van der Waals surface area contributed by atoms with Crippen molar-refractivity contribution < 1.29 is 9.53 Å². The number of hydrogen-bond acceptors (Lipinski definition) is 3. The molecule has 2 aliphatic rings. The maximum atomic E-state index is 12.0. The predicted octanol–water partition coefficient (Wildman–Crippen LogP) is 0.578. The van der Waals surface area contributed by atoms with Crippen LogP contribution in [0.5, 0.6) is 0 Å². The van der Waals surface area contributed by atoms with Crippen LogP contribution in [0.4, 0.5) is 0 Å². The number of nitrogens with one attached hydrogen (secondary N) is 1. The van der Waals surface area contributed by atoms with Gasteiger partial charge in [-0.3, -0.25) is 10.1 Å². The predicted molar refractivity (Wildman–Crippen MR) is 57.3 cm³/mol. The Morgan fingerprint density at radius 2 is 2.13 bits per heavy atom. The van der Waals surface area contributed by atoms with E-state index in [-0.39, 0.29) is 11.9 Å². The Morgan fingerprint density at radius 1 is 1.47 bits per heavy atom. The van der Waals surface area contributed by atoms with Crippen LogP contribution in [0.25, 0.3) is 0 Å². The second kappa shape index (κ2) is 4.10. The molecular formula is C11H20N2O2. The Morgan fingerprint density at radius 3 is 2.60 bits per heavy atom. The van der Waals surface area contributed by atoms with E-state index in [4.69, 9.17) is 4.74 Å². The van der Waals surface area contributed by atoms with Gasteiger partial charge in [0.1, 0.15) is 0 Å². The second-order valence-corrected chi connectivity index (χ2v) is 4.87. The van der Waals surface area contributed by atoms with E-state index >= 15 is 0 Å². The first-order chi connectivity index (χ1) is 7.13. The molecule has 0 spiro atoms. The fourth-order valence-corrected chi connectivity index (χ4v) is 2.36. The van der Waals surface area contributed by atoms with Crippen molar-refractivity contribution >= 4 is 5.91 Å². The number of carbonyl (C=O) groups excluding carboxylic acids is 1. The second-order valence-electron chi connectivity index (χ2n) is 4.87. The molecule has 0 aromatic carbocycles. The highest BCUT2D eigenvalue weighted by Crippen LogP contribution is 2.30. The summed E-state index contributed by atoms with van der Waals surface area (Å²) in [5.41, 5.74) is 0. The molecule has 1 amide bonds. The summed E-state index contributed by atoms with van der Waals surface area (Å²) in [6.07, 6.45) is 2.35. The maximum Gasteiger partial charge on any atom is 0.241 e. The van der Waals surface area contributed by atoms with E-state index in [0.717, 1.165) is 12.8 Å². The Balaban J connectivity index is 1.89. The van der Waals surface area contributed by atoms with Crippen molar-refractivity contribution in [3.05, 3.63) is 0 Å². The number of nitrogens with zero attached hydrogens (tertiary/aromatic N) is 1. The first-order valence-electron chi connectivity index (χ1n) is 5.70. The zero-order chi connectivity index (χ0) is 11.0. The number of ether oxygens (including phenoxy) is 1. The lowest BCUT2D eigenvalue weighted by atomic mass is 9.87. The summed E-state index contributed by atoms with van der Waals surface area (Å²) in [7, 11) is 1.74. The minimum Gasteiger partial charge on any atom is -0.381 e. The molecule has 0 bridgehead atoms. The summed E-state index contributed by atoms with van der Waals surface area (Å²) >= 11 is 0. The van der Waals surface area contributed by atoms with Crippen LogP contribution in [-0.2, 0) is 9.53 Å². The molecule has 0 radical (unpaired) electrons. The van der Waals surface area contributed by atoms with Gasteiger partial charge in [-0.1, -0.05) is 13.8 Å². The van der Waals surface area contributed by atoms with Gasteiger partial charge in [0.2, 0.25) is 5.91 Å². The van der Waals surface area contributed by atoms with E-state index in [9.17, 15) is 4.79 Å². The van der Waals surface area contributed by atoms with Crippen molar-refractivity contribution in [1.82, 2.24) is 10.2 Å². The van der Waals surface area contributed by atoms with Gasteiger partial charge in [0.25, 0.3) is 0 Å². The summed E-state index contributed by atoms with van der Waals surface area (Å²) in [4.78, 5) is 14.0. The van der Waals surface area contributed by atoms with Crippen molar-refractivity contribution in [2.45, 2.75) is 44.9 Å². The molecule has 1 aliphatic heterocycles. The van der Waals surface area contributed by atoms with Crippen molar-refractivity contribution in [2.75, 3.05) is 13.8 Å². The molecule has 1 heterocycles. The molecule has 2 rings (SSSR count). The standard InChI is InChI=1S/C11H20N2O2/c1-7(2)10-11(14)13(6-12-10)8-4-9(5-8)15-3/h7-10,12H,4-6H2,1-3H3. The van der Waals surface area contributed by atoms with Crippen molar-refractivity contribution in [1.29, 1.82) is 0 Å². The van der Waals surface area contributed by atoms with Gasteiger partial charge in [-0.05, 0) is 18.8 Å². The van der Waals surface area contributed by atoms with Crippen molar-refractivity contribution in [2.24, 2.45) is 5.92 Å². The Labute approximate surface area is 91.0 Å². The van der Waals surface area contributed by atoms with Gasteiger partial charge in [0.05, 0.1) is 18.8 Å². The average Bonchev–Trinajstić information content (AvgIpc) is 2.46. The highest BCUT2D eigenvalue weighted by molar-refractivity contribution is 5.84. The van der Waals surface area contributed by atoms with Crippen LogP contribution in [0, 0.1) is 5.92 Å². The van der Waals surface area contributed by atoms with Gasteiger partial charge >= 0.3 is 0 Å². The lowest BCUT2D eigenvalue weighted by Crippen LogP contribution is -2.49. The third kappa shape index (κ3) is 1.88. The first-order valence-corrected chi connectivity index (χ1v) is 5.70. The largest absolute Gasteiger partial charge is 0.381 e. The Kier molecular flexibility index (Phi) is 2.98. The highest BCUT2D eigenvalue weighted by Gasteiger charge is 2.42. The van der Waals surface area contributed by atoms with Crippen LogP contribution in [0.2, 0.25) is 0 Å². The Hall–Kier alpha value is -0.610. The molecule has 4 nitrogen and oxygen atoms in total. The molecule has 1 saturated heterocycles. The molecule has 1 N–H and O–H groups in total. The summed E-state index contributed by atoms with van der Waals surface area (Å²) in [5.74, 6) is 0.644. The van der Waals surface area contributed by atoms with E-state index < -0.39 is 0 Å². The minimum atomic E-state index is 0.0200. The van der Waals surface area contributed by atoms with Crippen LogP contribution < -0.4 is 5.32 Å². The van der Waals surface area contributed by atoms with Crippen LogP contribution >= 0.6 is 0 Å². The van der Waals surface area contributed by atoms with Gasteiger partial charge in [-0.2, -0.15) is 0 Å². The molecule has 1 atom stereocenters. The van der Waals surface area contributed by atoms with E-state index in [1.807, 2.05) is 4.90 Å². The maximum absolute atomic E-state index is 12.0. The quantitative estimate of drug-likeness (QED) is 0.744. The molecule has 2 fully saturated rings. The monoisotopic (exact) mass is 212 g/mol. The third-order valence-corrected chi connectivity index (χ3v) is 3.54. The van der Waals surface area contributed by atoms with Crippen LogP contribution in [0.15, 0.2) is 0 Å². The number of hydrogen-bond donors (Lipinski definition) is 1. The fraction of sp³-hybridized carbons (Fsp3) is 0.909.